The zero-order valence-electron chi connectivity index (χ0n) is 18.7. The van der Waals surface area contributed by atoms with Gasteiger partial charge in [-0.15, -0.1) is 0 Å². The normalized spacial score (nSPS) is 17.9. The van der Waals surface area contributed by atoms with Gasteiger partial charge in [-0.3, -0.25) is 4.79 Å². The third-order valence-electron chi connectivity index (χ3n) is 6.38. The van der Waals surface area contributed by atoms with Crippen molar-refractivity contribution in [1.29, 1.82) is 0 Å². The monoisotopic (exact) mass is 477 g/mol. The van der Waals surface area contributed by atoms with E-state index in [-0.39, 0.29) is 24.6 Å². The molecule has 33 heavy (non-hydrogen) atoms. The number of aliphatic hydroxyl groups excluding tert-OH is 1. The molecule has 178 valence electrons. The number of methoxy groups -OCH3 is 1. The standard InChI is InChI=1S/C25H29ClFNO5/c1-31-24(30)7-3-17-2-5-20(27)13-23(17)32-16-21(29)15-28-10-8-25(9-11-28)14-18-12-19(26)4-6-22(18)33-25/h2,4-6,12-13,21,29H,3,7-11,14-16H2,1H3/t21-/m1/s1. The van der Waals surface area contributed by atoms with E-state index in [0.717, 1.165) is 48.7 Å². The molecule has 0 aromatic heterocycles. The predicted octanol–water partition coefficient (Wildman–Crippen LogP) is 3.79. The van der Waals surface area contributed by atoms with Crippen molar-refractivity contribution in [2.24, 2.45) is 0 Å². The average Bonchev–Trinajstić information content (AvgIpc) is 3.15. The number of fused-ring (bicyclic) bond motifs is 1. The van der Waals surface area contributed by atoms with Crippen molar-refractivity contribution in [1.82, 2.24) is 4.90 Å². The number of likely N-dealkylation sites (tertiary alicyclic amines) is 1. The summed E-state index contributed by atoms with van der Waals surface area (Å²) < 4.78 is 30.4. The van der Waals surface area contributed by atoms with Crippen molar-refractivity contribution < 1.29 is 28.5 Å². The second-order valence-electron chi connectivity index (χ2n) is 8.81. The highest BCUT2D eigenvalue weighted by atomic mass is 35.5. The molecular formula is C25H29ClFNO5. The molecule has 1 spiro atoms. The third-order valence-corrected chi connectivity index (χ3v) is 6.62. The molecule has 2 aromatic carbocycles. The van der Waals surface area contributed by atoms with E-state index in [1.54, 1.807) is 6.07 Å². The van der Waals surface area contributed by atoms with Crippen LogP contribution in [0.5, 0.6) is 11.5 Å². The van der Waals surface area contributed by atoms with E-state index >= 15 is 0 Å². The summed E-state index contributed by atoms with van der Waals surface area (Å²) in [6, 6.07) is 9.97. The molecule has 0 unspecified atom stereocenters. The molecule has 4 rings (SSSR count). The largest absolute Gasteiger partial charge is 0.490 e. The molecular weight excluding hydrogens is 449 g/mol. The van der Waals surface area contributed by atoms with Crippen LogP contribution in [-0.4, -0.2) is 61.0 Å². The Hall–Kier alpha value is -2.35. The SMILES string of the molecule is COC(=O)CCc1ccc(F)cc1OC[C@H](O)CN1CCC2(CC1)Cc1cc(Cl)ccc1O2. The van der Waals surface area contributed by atoms with Crippen LogP contribution in [0.25, 0.3) is 0 Å². The molecule has 0 aliphatic carbocycles. The number of ether oxygens (including phenoxy) is 3. The molecule has 1 saturated heterocycles. The summed E-state index contributed by atoms with van der Waals surface area (Å²) in [5, 5.41) is 11.3. The zero-order valence-corrected chi connectivity index (χ0v) is 19.4. The maximum Gasteiger partial charge on any atom is 0.305 e. The fraction of sp³-hybridized carbons (Fsp3) is 0.480. The second kappa shape index (κ2) is 10.3. The highest BCUT2D eigenvalue weighted by Gasteiger charge is 2.42. The van der Waals surface area contributed by atoms with Gasteiger partial charge in [0.15, 0.2) is 0 Å². The molecule has 2 heterocycles. The number of β-amino-alcohol motifs (C(OH)–C–C–N with tert-alkyl or cyclic N) is 1. The number of nitrogens with zero attached hydrogens (tertiary/aromatic N) is 1. The maximum atomic E-state index is 13.7. The minimum absolute atomic E-state index is 0.0385. The number of halogens is 2. The molecule has 1 N–H and O–H groups in total. The summed E-state index contributed by atoms with van der Waals surface area (Å²) in [5.41, 5.74) is 1.66. The lowest BCUT2D eigenvalue weighted by Crippen LogP contribution is -2.49. The number of hydrogen-bond donors (Lipinski definition) is 1. The van der Waals surface area contributed by atoms with Crippen LogP contribution in [0.4, 0.5) is 4.39 Å². The topological polar surface area (TPSA) is 68.2 Å². The van der Waals surface area contributed by atoms with E-state index in [2.05, 4.69) is 9.64 Å². The van der Waals surface area contributed by atoms with Gasteiger partial charge in [-0.1, -0.05) is 17.7 Å². The van der Waals surface area contributed by atoms with Gasteiger partial charge in [0.25, 0.3) is 0 Å². The molecule has 1 fully saturated rings. The van der Waals surface area contributed by atoms with Gasteiger partial charge in [0.2, 0.25) is 0 Å². The first kappa shape index (κ1) is 23.8. The van der Waals surface area contributed by atoms with Crippen molar-refractivity contribution in [3.05, 3.63) is 58.4 Å². The molecule has 1 atom stereocenters. The fourth-order valence-corrected chi connectivity index (χ4v) is 4.76. The number of esters is 1. The first-order valence-electron chi connectivity index (χ1n) is 11.2. The molecule has 0 radical (unpaired) electrons. The van der Waals surface area contributed by atoms with Crippen molar-refractivity contribution in [3.8, 4) is 11.5 Å². The van der Waals surface area contributed by atoms with Crippen LogP contribution in [0.3, 0.4) is 0 Å². The highest BCUT2D eigenvalue weighted by Crippen LogP contribution is 2.41. The lowest BCUT2D eigenvalue weighted by atomic mass is 9.87. The van der Waals surface area contributed by atoms with Crippen molar-refractivity contribution in [2.75, 3.05) is 33.4 Å². The fourth-order valence-electron chi connectivity index (χ4n) is 4.57. The molecule has 0 amide bonds. The summed E-state index contributed by atoms with van der Waals surface area (Å²) in [6.45, 7) is 2.12. The summed E-state index contributed by atoms with van der Waals surface area (Å²) in [5.74, 6) is 0.484. The van der Waals surface area contributed by atoms with E-state index in [4.69, 9.17) is 21.1 Å². The van der Waals surface area contributed by atoms with Crippen LogP contribution in [-0.2, 0) is 22.4 Å². The third kappa shape index (κ3) is 5.96. The van der Waals surface area contributed by atoms with E-state index in [1.165, 1.54) is 19.2 Å². The quantitative estimate of drug-likeness (QED) is 0.583. The highest BCUT2D eigenvalue weighted by molar-refractivity contribution is 6.30. The summed E-state index contributed by atoms with van der Waals surface area (Å²) in [6.07, 6.45) is 2.42. The van der Waals surface area contributed by atoms with Crippen LogP contribution in [0.1, 0.15) is 30.4 Å². The predicted molar refractivity (Wildman–Crippen MR) is 122 cm³/mol. The van der Waals surface area contributed by atoms with E-state index in [1.807, 2.05) is 18.2 Å². The number of aryl methyl sites for hydroxylation is 1. The molecule has 0 bridgehead atoms. The van der Waals surface area contributed by atoms with E-state index in [0.29, 0.717) is 24.3 Å². The molecule has 8 heteroatoms. The molecule has 6 nitrogen and oxygen atoms in total. The van der Waals surface area contributed by atoms with Gasteiger partial charge < -0.3 is 24.2 Å². The van der Waals surface area contributed by atoms with Gasteiger partial charge in [0, 0.05) is 56.4 Å². The van der Waals surface area contributed by atoms with Crippen LogP contribution < -0.4 is 9.47 Å². The average molecular weight is 478 g/mol. The minimum atomic E-state index is -0.726. The Labute approximate surface area is 198 Å². The Morgan fingerprint density at radius 2 is 2.06 bits per heavy atom. The number of rotatable bonds is 8. The number of carbonyl (C=O) groups is 1. The first-order chi connectivity index (χ1) is 15.9. The number of benzene rings is 2. The van der Waals surface area contributed by atoms with Gasteiger partial charge in [-0.25, -0.2) is 4.39 Å². The molecule has 0 saturated carbocycles. The Kier molecular flexibility index (Phi) is 7.41. The number of piperidine rings is 1. The summed E-state index contributed by atoms with van der Waals surface area (Å²) in [7, 11) is 1.33. The zero-order chi connectivity index (χ0) is 23.4. The molecule has 2 aliphatic heterocycles. The van der Waals surface area contributed by atoms with E-state index < -0.39 is 11.9 Å². The number of carbonyl (C=O) groups excluding carboxylic acids is 1. The minimum Gasteiger partial charge on any atom is -0.490 e. The summed E-state index contributed by atoms with van der Waals surface area (Å²) in [4.78, 5) is 13.6. The Morgan fingerprint density at radius 1 is 1.27 bits per heavy atom. The van der Waals surface area contributed by atoms with Gasteiger partial charge in [0.05, 0.1) is 7.11 Å². The van der Waals surface area contributed by atoms with Crippen LogP contribution in [0.15, 0.2) is 36.4 Å². The van der Waals surface area contributed by atoms with Gasteiger partial charge in [-0.2, -0.15) is 0 Å². The Bertz CT molecular complexity index is 993. The Morgan fingerprint density at radius 3 is 2.82 bits per heavy atom. The van der Waals surface area contributed by atoms with Gasteiger partial charge >= 0.3 is 5.97 Å². The van der Waals surface area contributed by atoms with Crippen molar-refractivity contribution in [3.63, 3.8) is 0 Å². The Balaban J connectivity index is 1.26. The van der Waals surface area contributed by atoms with Crippen LogP contribution in [0, 0.1) is 5.82 Å². The van der Waals surface area contributed by atoms with Gasteiger partial charge in [0.1, 0.15) is 35.6 Å². The smallest absolute Gasteiger partial charge is 0.305 e. The van der Waals surface area contributed by atoms with E-state index in [9.17, 15) is 14.3 Å². The van der Waals surface area contributed by atoms with Crippen LogP contribution in [0.2, 0.25) is 5.02 Å². The maximum absolute atomic E-state index is 13.7. The first-order valence-corrected chi connectivity index (χ1v) is 11.6. The van der Waals surface area contributed by atoms with Crippen molar-refractivity contribution >= 4 is 17.6 Å². The lowest BCUT2D eigenvalue weighted by Gasteiger charge is -2.39. The lowest BCUT2D eigenvalue weighted by molar-refractivity contribution is -0.140. The van der Waals surface area contributed by atoms with Gasteiger partial charge in [-0.05, 0) is 41.8 Å². The van der Waals surface area contributed by atoms with Crippen molar-refractivity contribution in [2.45, 2.75) is 43.8 Å². The second-order valence-corrected chi connectivity index (χ2v) is 9.24. The molecule has 2 aliphatic rings. The number of hydrogen-bond acceptors (Lipinski definition) is 6. The number of aliphatic hydroxyl groups is 1. The van der Waals surface area contributed by atoms with Crippen LogP contribution >= 0.6 is 11.6 Å². The summed E-state index contributed by atoms with van der Waals surface area (Å²) >= 11 is 6.12. The molecule has 2 aromatic rings.